The lowest BCUT2D eigenvalue weighted by molar-refractivity contribution is 0.0599. The SMILES string of the molecule is COC(=O)c1cccc(NC(=O)c2ccc(Cl)s2)c1C. The highest BCUT2D eigenvalue weighted by Crippen LogP contribution is 2.24. The van der Waals surface area contributed by atoms with E-state index < -0.39 is 5.97 Å². The molecule has 0 aliphatic heterocycles. The fraction of sp³-hybridized carbons (Fsp3) is 0.143. The number of methoxy groups -OCH3 is 1. The molecular formula is C14H12ClNO3S. The van der Waals surface area contributed by atoms with E-state index in [1.807, 2.05) is 0 Å². The first-order valence-electron chi connectivity index (χ1n) is 5.77. The van der Waals surface area contributed by atoms with Gasteiger partial charge < -0.3 is 10.1 Å². The van der Waals surface area contributed by atoms with Gasteiger partial charge in [-0.3, -0.25) is 4.79 Å². The molecule has 0 atom stereocenters. The van der Waals surface area contributed by atoms with Crippen LogP contribution in [-0.2, 0) is 4.74 Å². The molecule has 1 N–H and O–H groups in total. The van der Waals surface area contributed by atoms with Gasteiger partial charge in [0.25, 0.3) is 5.91 Å². The van der Waals surface area contributed by atoms with E-state index in [0.29, 0.717) is 26.0 Å². The van der Waals surface area contributed by atoms with E-state index in [1.54, 1.807) is 37.3 Å². The molecule has 1 aromatic heterocycles. The van der Waals surface area contributed by atoms with Crippen LogP contribution in [0.5, 0.6) is 0 Å². The van der Waals surface area contributed by atoms with Crippen LogP contribution in [0.25, 0.3) is 0 Å². The fourth-order valence-corrected chi connectivity index (χ4v) is 2.66. The van der Waals surface area contributed by atoms with Crippen molar-refractivity contribution in [2.24, 2.45) is 0 Å². The zero-order valence-electron chi connectivity index (χ0n) is 10.9. The van der Waals surface area contributed by atoms with Gasteiger partial charge in [-0.05, 0) is 36.8 Å². The van der Waals surface area contributed by atoms with E-state index in [1.165, 1.54) is 18.4 Å². The molecule has 104 valence electrons. The van der Waals surface area contributed by atoms with Gasteiger partial charge in [-0.2, -0.15) is 0 Å². The average Bonchev–Trinajstić information content (AvgIpc) is 2.87. The summed E-state index contributed by atoms with van der Waals surface area (Å²) in [5, 5.41) is 2.76. The second kappa shape index (κ2) is 6.07. The second-order valence-electron chi connectivity index (χ2n) is 4.03. The highest BCUT2D eigenvalue weighted by Gasteiger charge is 2.15. The lowest BCUT2D eigenvalue weighted by atomic mass is 10.1. The Bertz CT molecular complexity index is 666. The number of carbonyl (C=O) groups is 2. The molecule has 20 heavy (non-hydrogen) atoms. The molecule has 0 unspecified atom stereocenters. The van der Waals surface area contributed by atoms with Gasteiger partial charge in [-0.15, -0.1) is 11.3 Å². The predicted octanol–water partition coefficient (Wildman–Crippen LogP) is 3.75. The van der Waals surface area contributed by atoms with Crippen molar-refractivity contribution in [3.05, 3.63) is 50.7 Å². The molecule has 2 aromatic rings. The highest BCUT2D eigenvalue weighted by atomic mass is 35.5. The van der Waals surface area contributed by atoms with Gasteiger partial charge in [0.15, 0.2) is 0 Å². The Morgan fingerprint density at radius 3 is 2.60 bits per heavy atom. The van der Waals surface area contributed by atoms with Gasteiger partial charge in [0, 0.05) is 5.69 Å². The zero-order chi connectivity index (χ0) is 14.7. The van der Waals surface area contributed by atoms with Crippen molar-refractivity contribution in [3.8, 4) is 0 Å². The largest absolute Gasteiger partial charge is 0.465 e. The Morgan fingerprint density at radius 2 is 2.00 bits per heavy atom. The van der Waals surface area contributed by atoms with Crippen molar-refractivity contribution in [2.75, 3.05) is 12.4 Å². The molecule has 1 amide bonds. The minimum atomic E-state index is -0.433. The predicted molar refractivity (Wildman–Crippen MR) is 79.8 cm³/mol. The first-order valence-corrected chi connectivity index (χ1v) is 6.97. The lowest BCUT2D eigenvalue weighted by Gasteiger charge is -2.10. The smallest absolute Gasteiger partial charge is 0.338 e. The fourth-order valence-electron chi connectivity index (χ4n) is 1.72. The molecule has 0 saturated carbocycles. The monoisotopic (exact) mass is 309 g/mol. The topological polar surface area (TPSA) is 55.4 Å². The van der Waals surface area contributed by atoms with Gasteiger partial charge in [-0.1, -0.05) is 17.7 Å². The third-order valence-electron chi connectivity index (χ3n) is 2.78. The van der Waals surface area contributed by atoms with Crippen LogP contribution >= 0.6 is 22.9 Å². The summed E-state index contributed by atoms with van der Waals surface area (Å²) in [7, 11) is 1.32. The Labute approximate surface area is 125 Å². The molecule has 0 aliphatic carbocycles. The normalized spacial score (nSPS) is 10.2. The van der Waals surface area contributed by atoms with E-state index in [0.717, 1.165) is 0 Å². The molecular weight excluding hydrogens is 298 g/mol. The lowest BCUT2D eigenvalue weighted by Crippen LogP contribution is -2.13. The summed E-state index contributed by atoms with van der Waals surface area (Å²) in [6.07, 6.45) is 0. The van der Waals surface area contributed by atoms with Crippen molar-refractivity contribution in [1.29, 1.82) is 0 Å². The number of amides is 1. The van der Waals surface area contributed by atoms with E-state index in [-0.39, 0.29) is 5.91 Å². The maximum Gasteiger partial charge on any atom is 0.338 e. The van der Waals surface area contributed by atoms with Crippen molar-refractivity contribution in [1.82, 2.24) is 0 Å². The first kappa shape index (κ1) is 14.6. The quantitative estimate of drug-likeness (QED) is 0.879. The molecule has 0 saturated heterocycles. The average molecular weight is 310 g/mol. The number of hydrogen-bond acceptors (Lipinski definition) is 4. The summed E-state index contributed by atoms with van der Waals surface area (Å²) >= 11 is 7.00. The van der Waals surface area contributed by atoms with E-state index in [4.69, 9.17) is 16.3 Å². The second-order valence-corrected chi connectivity index (χ2v) is 5.74. The Balaban J connectivity index is 2.26. The van der Waals surface area contributed by atoms with Gasteiger partial charge in [-0.25, -0.2) is 4.79 Å². The van der Waals surface area contributed by atoms with Crippen molar-refractivity contribution in [2.45, 2.75) is 6.92 Å². The number of esters is 1. The van der Waals surface area contributed by atoms with Gasteiger partial charge in [0.05, 0.1) is 21.9 Å². The van der Waals surface area contributed by atoms with Crippen LogP contribution in [0.15, 0.2) is 30.3 Å². The van der Waals surface area contributed by atoms with Crippen LogP contribution in [0.3, 0.4) is 0 Å². The third-order valence-corrected chi connectivity index (χ3v) is 4.01. The number of rotatable bonds is 3. The minimum absolute atomic E-state index is 0.257. The number of carbonyl (C=O) groups excluding carboxylic acids is 2. The van der Waals surface area contributed by atoms with Crippen LogP contribution in [0.4, 0.5) is 5.69 Å². The van der Waals surface area contributed by atoms with Gasteiger partial charge in [0.1, 0.15) is 0 Å². The summed E-state index contributed by atoms with van der Waals surface area (Å²) in [6, 6.07) is 8.39. The summed E-state index contributed by atoms with van der Waals surface area (Å²) in [5.41, 5.74) is 1.66. The summed E-state index contributed by atoms with van der Waals surface area (Å²) in [5.74, 6) is -0.690. The molecule has 1 heterocycles. The Hall–Kier alpha value is -1.85. The van der Waals surface area contributed by atoms with Gasteiger partial charge >= 0.3 is 5.97 Å². The maximum absolute atomic E-state index is 12.1. The molecule has 2 rings (SSSR count). The van der Waals surface area contributed by atoms with Crippen molar-refractivity contribution >= 4 is 40.5 Å². The summed E-state index contributed by atoms with van der Waals surface area (Å²) in [4.78, 5) is 24.2. The highest BCUT2D eigenvalue weighted by molar-refractivity contribution is 7.18. The number of hydrogen-bond donors (Lipinski definition) is 1. The number of benzene rings is 1. The molecule has 1 aromatic carbocycles. The van der Waals surface area contributed by atoms with Crippen LogP contribution < -0.4 is 5.32 Å². The minimum Gasteiger partial charge on any atom is -0.465 e. The number of anilines is 1. The Morgan fingerprint density at radius 1 is 1.25 bits per heavy atom. The number of thiophene rings is 1. The van der Waals surface area contributed by atoms with E-state index >= 15 is 0 Å². The molecule has 0 radical (unpaired) electrons. The maximum atomic E-state index is 12.1. The zero-order valence-corrected chi connectivity index (χ0v) is 12.5. The molecule has 0 spiro atoms. The molecule has 6 heteroatoms. The van der Waals surface area contributed by atoms with Crippen LogP contribution in [-0.4, -0.2) is 19.0 Å². The standard InChI is InChI=1S/C14H12ClNO3S/c1-8-9(14(18)19-2)4-3-5-10(8)16-13(17)11-6-7-12(15)20-11/h3-7H,1-2H3,(H,16,17). The van der Waals surface area contributed by atoms with Crippen molar-refractivity contribution < 1.29 is 14.3 Å². The van der Waals surface area contributed by atoms with Crippen LogP contribution in [0, 0.1) is 6.92 Å². The molecule has 0 aliphatic rings. The van der Waals surface area contributed by atoms with E-state index in [9.17, 15) is 9.59 Å². The van der Waals surface area contributed by atoms with Gasteiger partial charge in [0.2, 0.25) is 0 Å². The summed E-state index contributed by atoms with van der Waals surface area (Å²) < 4.78 is 5.25. The molecule has 0 fully saturated rings. The summed E-state index contributed by atoms with van der Waals surface area (Å²) in [6.45, 7) is 1.75. The number of nitrogens with one attached hydrogen (secondary N) is 1. The molecule has 4 nitrogen and oxygen atoms in total. The third kappa shape index (κ3) is 3.00. The number of halogens is 1. The number of ether oxygens (including phenoxy) is 1. The van der Waals surface area contributed by atoms with E-state index in [2.05, 4.69) is 5.32 Å². The Kier molecular flexibility index (Phi) is 4.42. The first-order chi connectivity index (χ1) is 9.52. The van der Waals surface area contributed by atoms with Crippen LogP contribution in [0.1, 0.15) is 25.6 Å². The molecule has 0 bridgehead atoms. The van der Waals surface area contributed by atoms with Crippen molar-refractivity contribution in [3.63, 3.8) is 0 Å². The van der Waals surface area contributed by atoms with Crippen LogP contribution in [0.2, 0.25) is 4.34 Å².